The third kappa shape index (κ3) is 22.3. The van der Waals surface area contributed by atoms with E-state index >= 15 is 4.57 Å². The van der Waals surface area contributed by atoms with Crippen molar-refractivity contribution in [1.82, 2.24) is 0 Å². The Balaban J connectivity index is 7.99. The van der Waals surface area contributed by atoms with E-state index in [1.165, 1.54) is 0 Å². The lowest BCUT2D eigenvalue weighted by Crippen LogP contribution is -2.54. The zero-order chi connectivity index (χ0) is 42.1. The molecule has 0 bridgehead atoms. The lowest BCUT2D eigenvalue weighted by atomic mass is 10.0. The smallest absolute Gasteiger partial charge is 0.347 e. The minimum absolute atomic E-state index is 0.0686. The van der Waals surface area contributed by atoms with Crippen LogP contribution in [0.1, 0.15) is 209 Å². The Hall–Kier alpha value is -1.19. The molecular weight excluding hydrogens is 727 g/mol. The molecule has 0 aromatic heterocycles. The normalized spacial score (nSPS) is 15.0. The van der Waals surface area contributed by atoms with E-state index in [-0.39, 0.29) is 38.0 Å². The number of hydrogen-bond donors (Lipinski definition) is 0. The molecule has 0 rings (SSSR count). The summed E-state index contributed by atoms with van der Waals surface area (Å²) in [7, 11) is -4.74. The van der Waals surface area contributed by atoms with Crippen molar-refractivity contribution in [3.63, 3.8) is 0 Å². The Bertz CT molecular complexity index is 1060. The van der Waals surface area contributed by atoms with Crippen LogP contribution in [0.15, 0.2) is 24.3 Å². The van der Waals surface area contributed by atoms with Gasteiger partial charge >= 0.3 is 13.1 Å². The van der Waals surface area contributed by atoms with Gasteiger partial charge in [0.1, 0.15) is 12.2 Å². The number of rotatable bonds is 42. The maximum atomic E-state index is 16.4. The van der Waals surface area contributed by atoms with Gasteiger partial charge in [0, 0.05) is 13.2 Å². The van der Waals surface area contributed by atoms with Gasteiger partial charge in [0.15, 0.2) is 11.6 Å². The first-order chi connectivity index (χ1) is 26.9. The number of ketones is 2. The number of unbranched alkanes of at least 4 members (excludes halogenated alkanes) is 16. The third-order valence-corrected chi connectivity index (χ3v) is 12.2. The van der Waals surface area contributed by atoms with Crippen molar-refractivity contribution in [2.45, 2.75) is 234 Å². The van der Waals surface area contributed by atoms with Crippen molar-refractivity contribution in [3.05, 3.63) is 24.3 Å². The van der Waals surface area contributed by atoms with Gasteiger partial charge in [-0.3, -0.25) is 18.7 Å². The van der Waals surface area contributed by atoms with Crippen LogP contribution in [-0.2, 0) is 42.1 Å². The fraction of sp³-hybridized carbons (Fsp3) is 0.870. The van der Waals surface area contributed by atoms with Gasteiger partial charge in [0.2, 0.25) is 6.29 Å². The molecule has 9 nitrogen and oxygen atoms in total. The quantitative estimate of drug-likeness (QED) is 0.0258. The average Bonchev–Trinajstić information content (AvgIpc) is 3.17. The zero-order valence-electron chi connectivity index (χ0n) is 37.6. The molecule has 0 aliphatic rings. The molecule has 4 atom stereocenters. The number of carbonyl (C=O) groups excluding carboxylic acids is 2. The molecule has 10 heteroatoms. The Kier molecular flexibility index (Phi) is 33.9. The summed E-state index contributed by atoms with van der Waals surface area (Å²) >= 11 is 0. The third-order valence-electron chi connectivity index (χ3n) is 9.92. The van der Waals surface area contributed by atoms with Crippen LogP contribution >= 0.6 is 7.60 Å². The fourth-order valence-corrected chi connectivity index (χ4v) is 8.54. The molecule has 0 heterocycles. The molecule has 0 N–H and O–H groups in total. The molecule has 0 aromatic rings. The average molecular weight is 815 g/mol. The Morgan fingerprint density at radius 3 is 1.32 bits per heavy atom. The maximum absolute atomic E-state index is 16.4. The van der Waals surface area contributed by atoms with E-state index in [1.54, 1.807) is 13.8 Å². The van der Waals surface area contributed by atoms with E-state index in [2.05, 4.69) is 54.7 Å². The molecule has 56 heavy (non-hydrogen) atoms. The zero-order valence-corrected chi connectivity index (χ0v) is 38.5. The van der Waals surface area contributed by atoms with Gasteiger partial charge in [-0.25, -0.2) is 0 Å². The highest BCUT2D eigenvalue weighted by atomic mass is 31.2. The summed E-state index contributed by atoms with van der Waals surface area (Å²) in [6, 6.07) is 0. The summed E-state index contributed by atoms with van der Waals surface area (Å²) in [4.78, 5) is 28.0. The first-order valence-electron chi connectivity index (χ1n) is 22.8. The molecule has 0 spiro atoms. The van der Waals surface area contributed by atoms with Gasteiger partial charge in [-0.15, -0.1) is 0 Å². The molecule has 4 unspecified atom stereocenters. The number of carbonyl (C=O) groups is 2. The second-order valence-electron chi connectivity index (χ2n) is 15.6. The summed E-state index contributed by atoms with van der Waals surface area (Å²) in [5, 5.41) is 0. The first kappa shape index (κ1) is 54.8. The second-order valence-corrected chi connectivity index (χ2v) is 17.7. The minimum atomic E-state index is -4.74. The van der Waals surface area contributed by atoms with Crippen molar-refractivity contribution in [3.8, 4) is 0 Å². The van der Waals surface area contributed by atoms with Crippen molar-refractivity contribution < 1.29 is 42.1 Å². The first-order valence-corrected chi connectivity index (χ1v) is 24.4. The molecule has 0 saturated carbocycles. The highest BCUT2D eigenvalue weighted by Crippen LogP contribution is 2.65. The van der Waals surface area contributed by atoms with E-state index in [0.29, 0.717) is 49.7 Å². The lowest BCUT2D eigenvalue weighted by molar-refractivity contribution is -0.328. The standard InChI is InChI=1S/C46H87O9P/c1-11-17-23-29-35-50-45(51-36-30-24-18-12-2)46(52-37-31-25-19-13-3,54-41(33-27-21-15-5)43(47)39(7)8)56(49,53-38-32-26-20-14-4)55-42(34-28-22-16-6)44(48)40(9)10/h41-42,45H,7,9,11-38H2,1-6,8,10H3. The van der Waals surface area contributed by atoms with Gasteiger partial charge in [0.25, 0.3) is 0 Å². The number of Topliss-reactive ketones (excluding diaryl/α,β-unsaturated/α-hetero) is 2. The van der Waals surface area contributed by atoms with Crippen LogP contribution in [0, 0.1) is 0 Å². The van der Waals surface area contributed by atoms with Crippen molar-refractivity contribution in [2.75, 3.05) is 26.4 Å². The molecule has 0 radical (unpaired) electrons. The van der Waals surface area contributed by atoms with Gasteiger partial charge in [-0.1, -0.05) is 170 Å². The van der Waals surface area contributed by atoms with Crippen molar-refractivity contribution >= 4 is 19.2 Å². The van der Waals surface area contributed by atoms with E-state index in [1.807, 2.05) is 0 Å². The molecule has 0 aliphatic carbocycles. The van der Waals surface area contributed by atoms with Crippen LogP contribution in [0.25, 0.3) is 0 Å². The molecule has 330 valence electrons. The summed E-state index contributed by atoms with van der Waals surface area (Å²) in [5.74, 6) is -0.681. The second kappa shape index (κ2) is 34.7. The topological polar surface area (TPSA) is 107 Å². The highest BCUT2D eigenvalue weighted by Gasteiger charge is 2.64. The Morgan fingerprint density at radius 2 is 0.893 bits per heavy atom. The monoisotopic (exact) mass is 815 g/mol. The van der Waals surface area contributed by atoms with Crippen molar-refractivity contribution in [2.24, 2.45) is 0 Å². The molecule has 0 fully saturated rings. The van der Waals surface area contributed by atoms with Crippen LogP contribution in [0.5, 0.6) is 0 Å². The molecule has 0 amide bonds. The minimum Gasteiger partial charge on any atom is -0.347 e. The van der Waals surface area contributed by atoms with E-state index in [0.717, 1.165) is 116 Å². The van der Waals surface area contributed by atoms with Crippen LogP contribution in [0.3, 0.4) is 0 Å². The molecule has 0 aromatic carbocycles. The van der Waals surface area contributed by atoms with Crippen LogP contribution < -0.4 is 0 Å². The maximum Gasteiger partial charge on any atom is 0.396 e. The summed E-state index contributed by atoms with van der Waals surface area (Å²) in [6.45, 7) is 24.7. The SMILES string of the molecule is C=C(C)C(=O)C(CCCCC)OC(OCCCCCC)(C(OCCCCCC)OCCCCCC)P(=O)(OCCCCCC)OC(CCCCC)C(=O)C(=C)C. The Morgan fingerprint density at radius 1 is 0.518 bits per heavy atom. The Labute approximate surface area is 344 Å². The van der Waals surface area contributed by atoms with Crippen LogP contribution in [0.4, 0.5) is 0 Å². The van der Waals surface area contributed by atoms with Gasteiger partial charge in [0.05, 0.1) is 13.2 Å². The van der Waals surface area contributed by atoms with E-state index < -0.39 is 31.6 Å². The highest BCUT2D eigenvalue weighted by molar-refractivity contribution is 7.55. The summed E-state index contributed by atoms with van der Waals surface area (Å²) < 4.78 is 56.7. The summed E-state index contributed by atoms with van der Waals surface area (Å²) in [5.41, 5.74) is -1.73. The van der Waals surface area contributed by atoms with E-state index in [9.17, 15) is 9.59 Å². The van der Waals surface area contributed by atoms with Gasteiger partial charge in [-0.2, -0.15) is 0 Å². The molecule has 0 saturated heterocycles. The van der Waals surface area contributed by atoms with E-state index in [4.69, 9.17) is 28.0 Å². The fourth-order valence-electron chi connectivity index (χ4n) is 6.34. The summed E-state index contributed by atoms with van der Waals surface area (Å²) in [6.07, 6.45) is 16.5. The number of hydrogen-bond acceptors (Lipinski definition) is 9. The number of ether oxygens (including phenoxy) is 4. The molecule has 0 aliphatic heterocycles. The largest absolute Gasteiger partial charge is 0.396 e. The van der Waals surface area contributed by atoms with Gasteiger partial charge < -0.3 is 23.5 Å². The van der Waals surface area contributed by atoms with Crippen LogP contribution in [0.2, 0.25) is 0 Å². The predicted octanol–water partition coefficient (Wildman–Crippen LogP) is 13.8. The molecular formula is C46H87O9P. The van der Waals surface area contributed by atoms with Gasteiger partial charge in [-0.05, 0) is 63.5 Å². The van der Waals surface area contributed by atoms with Crippen LogP contribution in [-0.4, -0.2) is 62.0 Å². The predicted molar refractivity (Wildman–Crippen MR) is 232 cm³/mol. The van der Waals surface area contributed by atoms with Crippen molar-refractivity contribution in [1.29, 1.82) is 0 Å². The lowest BCUT2D eigenvalue weighted by Gasteiger charge is -2.44.